The van der Waals surface area contributed by atoms with Gasteiger partial charge in [0.05, 0.1) is 0 Å². The monoisotopic (exact) mass is 279 g/mol. The summed E-state index contributed by atoms with van der Waals surface area (Å²) in [7, 11) is 0. The van der Waals surface area contributed by atoms with Gasteiger partial charge in [-0.1, -0.05) is 34.1 Å². The van der Waals surface area contributed by atoms with E-state index in [9.17, 15) is 0 Å². The summed E-state index contributed by atoms with van der Waals surface area (Å²) >= 11 is 3.69. The van der Waals surface area contributed by atoms with E-state index in [2.05, 4.69) is 59.0 Å². The van der Waals surface area contributed by atoms with Gasteiger partial charge in [0, 0.05) is 9.89 Å². The van der Waals surface area contributed by atoms with Crippen molar-refractivity contribution in [2.24, 2.45) is 0 Å². The molecule has 0 amide bonds. The van der Waals surface area contributed by atoms with E-state index in [1.54, 1.807) is 0 Å². The maximum atomic E-state index is 4.07. The lowest BCUT2D eigenvalue weighted by Crippen LogP contribution is -2.39. The molecule has 1 aliphatic heterocycles. The van der Waals surface area contributed by atoms with Crippen LogP contribution in [0, 0.1) is 6.92 Å². The molecule has 1 nitrogen and oxygen atoms in total. The zero-order chi connectivity index (χ0) is 11.6. The first-order valence-corrected chi connectivity index (χ1v) is 6.59. The second-order valence-corrected chi connectivity index (χ2v) is 5.40. The van der Waals surface area contributed by atoms with Crippen LogP contribution in [0.3, 0.4) is 0 Å². The fourth-order valence-corrected chi connectivity index (χ4v) is 3.55. The van der Waals surface area contributed by atoms with Crippen LogP contribution < -0.4 is 5.32 Å². The SMILES string of the molecule is C=CC1(c2c(C)cccc2Br)CCNCC1. The van der Waals surface area contributed by atoms with Gasteiger partial charge in [-0.05, 0) is 50.0 Å². The van der Waals surface area contributed by atoms with Crippen molar-refractivity contribution in [1.82, 2.24) is 5.32 Å². The van der Waals surface area contributed by atoms with Gasteiger partial charge >= 0.3 is 0 Å². The maximum Gasteiger partial charge on any atom is 0.0218 e. The first-order valence-electron chi connectivity index (χ1n) is 5.79. The van der Waals surface area contributed by atoms with E-state index in [4.69, 9.17) is 0 Å². The van der Waals surface area contributed by atoms with Crippen LogP contribution in [0.4, 0.5) is 0 Å². The summed E-state index contributed by atoms with van der Waals surface area (Å²) in [6, 6.07) is 6.42. The van der Waals surface area contributed by atoms with Crippen molar-refractivity contribution in [3.05, 3.63) is 46.5 Å². The normalized spacial score (nSPS) is 19.4. The van der Waals surface area contributed by atoms with Crippen molar-refractivity contribution >= 4 is 15.9 Å². The number of halogens is 1. The Morgan fingerprint density at radius 3 is 2.62 bits per heavy atom. The van der Waals surface area contributed by atoms with Crippen LogP contribution in [-0.4, -0.2) is 13.1 Å². The zero-order valence-corrected chi connectivity index (χ0v) is 11.3. The summed E-state index contributed by atoms with van der Waals surface area (Å²) in [5.41, 5.74) is 2.93. The number of nitrogens with one attached hydrogen (secondary N) is 1. The Bertz CT molecular complexity index is 371. The molecule has 0 unspecified atom stereocenters. The van der Waals surface area contributed by atoms with Crippen LogP contribution in [0.2, 0.25) is 0 Å². The second-order valence-electron chi connectivity index (χ2n) is 4.54. The molecule has 0 aromatic heterocycles. The largest absolute Gasteiger partial charge is 0.317 e. The number of hydrogen-bond donors (Lipinski definition) is 1. The Kier molecular flexibility index (Phi) is 3.50. The van der Waals surface area contributed by atoms with Gasteiger partial charge in [0.25, 0.3) is 0 Å². The van der Waals surface area contributed by atoms with E-state index in [0.717, 1.165) is 25.9 Å². The fourth-order valence-electron chi connectivity index (χ4n) is 2.69. The molecule has 1 aliphatic rings. The second kappa shape index (κ2) is 4.72. The van der Waals surface area contributed by atoms with Gasteiger partial charge < -0.3 is 5.32 Å². The van der Waals surface area contributed by atoms with Gasteiger partial charge in [0.2, 0.25) is 0 Å². The van der Waals surface area contributed by atoms with Crippen molar-refractivity contribution in [3.63, 3.8) is 0 Å². The standard InChI is InChI=1S/C14H18BrN/c1-3-14(7-9-16-10-8-14)13-11(2)5-4-6-12(13)15/h3-6,16H,1,7-10H2,2H3. The molecule has 2 heteroatoms. The number of hydrogen-bond acceptors (Lipinski definition) is 1. The molecule has 1 heterocycles. The quantitative estimate of drug-likeness (QED) is 0.817. The smallest absolute Gasteiger partial charge is 0.0218 e. The summed E-state index contributed by atoms with van der Waals surface area (Å²) in [5, 5.41) is 3.42. The lowest BCUT2D eigenvalue weighted by molar-refractivity contribution is 0.371. The van der Waals surface area contributed by atoms with Crippen LogP contribution in [0.5, 0.6) is 0 Å². The minimum Gasteiger partial charge on any atom is -0.317 e. The molecule has 0 saturated carbocycles. The molecular weight excluding hydrogens is 262 g/mol. The Hall–Kier alpha value is -0.600. The van der Waals surface area contributed by atoms with E-state index in [0.29, 0.717) is 0 Å². The van der Waals surface area contributed by atoms with Crippen molar-refractivity contribution in [2.75, 3.05) is 13.1 Å². The highest BCUT2D eigenvalue weighted by atomic mass is 79.9. The third kappa shape index (κ3) is 1.96. The summed E-state index contributed by atoms with van der Waals surface area (Å²) in [5.74, 6) is 0. The highest BCUT2D eigenvalue weighted by Gasteiger charge is 2.33. The Labute approximate surface area is 106 Å². The molecule has 0 bridgehead atoms. The molecule has 1 saturated heterocycles. The van der Waals surface area contributed by atoms with Gasteiger partial charge in [-0.2, -0.15) is 0 Å². The number of allylic oxidation sites excluding steroid dienone is 1. The van der Waals surface area contributed by atoms with Crippen molar-refractivity contribution in [2.45, 2.75) is 25.2 Å². The van der Waals surface area contributed by atoms with E-state index >= 15 is 0 Å². The minimum atomic E-state index is 0.148. The van der Waals surface area contributed by atoms with Crippen LogP contribution in [0.1, 0.15) is 24.0 Å². The topological polar surface area (TPSA) is 12.0 Å². The summed E-state index contributed by atoms with van der Waals surface area (Å²) < 4.78 is 1.22. The van der Waals surface area contributed by atoms with E-state index in [-0.39, 0.29) is 5.41 Å². The van der Waals surface area contributed by atoms with Crippen LogP contribution in [-0.2, 0) is 5.41 Å². The molecule has 0 aliphatic carbocycles. The average molecular weight is 280 g/mol. The van der Waals surface area contributed by atoms with E-state index < -0.39 is 0 Å². The number of benzene rings is 1. The molecular formula is C14H18BrN. The predicted molar refractivity (Wildman–Crippen MR) is 72.9 cm³/mol. The Balaban J connectivity index is 2.51. The third-order valence-corrected chi connectivity index (χ3v) is 4.27. The van der Waals surface area contributed by atoms with Crippen LogP contribution in [0.15, 0.2) is 35.3 Å². The third-order valence-electron chi connectivity index (χ3n) is 3.61. The molecule has 1 fully saturated rings. The Morgan fingerprint density at radius 1 is 1.38 bits per heavy atom. The van der Waals surface area contributed by atoms with Gasteiger partial charge in [-0.15, -0.1) is 6.58 Å². The number of aryl methyl sites for hydroxylation is 1. The Morgan fingerprint density at radius 2 is 2.06 bits per heavy atom. The van der Waals surface area contributed by atoms with Crippen LogP contribution in [0.25, 0.3) is 0 Å². The number of rotatable bonds is 2. The predicted octanol–water partition coefficient (Wildman–Crippen LogP) is 3.56. The van der Waals surface area contributed by atoms with E-state index in [1.165, 1.54) is 15.6 Å². The lowest BCUT2D eigenvalue weighted by atomic mass is 9.72. The molecule has 16 heavy (non-hydrogen) atoms. The summed E-state index contributed by atoms with van der Waals surface area (Å²) in [4.78, 5) is 0. The average Bonchev–Trinajstić information content (AvgIpc) is 2.30. The zero-order valence-electron chi connectivity index (χ0n) is 9.72. The van der Waals surface area contributed by atoms with Crippen LogP contribution >= 0.6 is 15.9 Å². The lowest BCUT2D eigenvalue weighted by Gasteiger charge is -2.37. The molecule has 1 aromatic carbocycles. The highest BCUT2D eigenvalue weighted by molar-refractivity contribution is 9.10. The first-order chi connectivity index (χ1) is 7.69. The van der Waals surface area contributed by atoms with Gasteiger partial charge in [0.1, 0.15) is 0 Å². The molecule has 86 valence electrons. The van der Waals surface area contributed by atoms with Gasteiger partial charge in [0.15, 0.2) is 0 Å². The van der Waals surface area contributed by atoms with Gasteiger partial charge in [-0.25, -0.2) is 0 Å². The van der Waals surface area contributed by atoms with E-state index in [1.807, 2.05) is 0 Å². The highest BCUT2D eigenvalue weighted by Crippen LogP contribution is 2.40. The molecule has 1 N–H and O–H groups in total. The summed E-state index contributed by atoms with van der Waals surface area (Å²) in [6.07, 6.45) is 4.42. The first kappa shape index (κ1) is 11.9. The van der Waals surface area contributed by atoms with Crippen molar-refractivity contribution < 1.29 is 0 Å². The molecule has 2 rings (SSSR count). The van der Waals surface area contributed by atoms with Crippen molar-refractivity contribution in [3.8, 4) is 0 Å². The number of piperidine rings is 1. The fraction of sp³-hybridized carbons (Fsp3) is 0.429. The van der Waals surface area contributed by atoms with Crippen molar-refractivity contribution in [1.29, 1.82) is 0 Å². The molecule has 0 atom stereocenters. The maximum absolute atomic E-state index is 4.07. The minimum absolute atomic E-state index is 0.148. The van der Waals surface area contributed by atoms with Gasteiger partial charge in [-0.3, -0.25) is 0 Å². The molecule has 0 spiro atoms. The summed E-state index contributed by atoms with van der Waals surface area (Å²) in [6.45, 7) is 8.41. The molecule has 1 aromatic rings. The molecule has 0 radical (unpaired) electrons.